The summed E-state index contributed by atoms with van der Waals surface area (Å²) in [5, 5.41) is 9.25. The lowest BCUT2D eigenvalue weighted by Crippen LogP contribution is -2.42. The van der Waals surface area contributed by atoms with E-state index >= 15 is 0 Å². The third kappa shape index (κ3) is 2.78. The highest BCUT2D eigenvalue weighted by molar-refractivity contribution is 5.71. The van der Waals surface area contributed by atoms with Gasteiger partial charge in [0.25, 0.3) is 0 Å². The molecular formula is C15H21NO4. The minimum absolute atomic E-state index is 0.0553. The van der Waals surface area contributed by atoms with Crippen molar-refractivity contribution < 1.29 is 19.4 Å². The Morgan fingerprint density at radius 1 is 1.45 bits per heavy atom. The molecular weight excluding hydrogens is 258 g/mol. The average Bonchev–Trinajstić information content (AvgIpc) is 2.95. The van der Waals surface area contributed by atoms with Gasteiger partial charge in [-0.15, -0.1) is 0 Å². The molecule has 0 aromatic heterocycles. The lowest BCUT2D eigenvalue weighted by Gasteiger charge is -2.32. The third-order valence-corrected chi connectivity index (χ3v) is 4.09. The fourth-order valence-electron chi connectivity index (χ4n) is 2.70. The lowest BCUT2D eigenvalue weighted by molar-refractivity contribution is -0.143. The Bertz CT molecular complexity index is 477. The number of likely N-dealkylation sites (N-methyl/N-ethyl adjacent to an activating group) is 1. The van der Waals surface area contributed by atoms with E-state index in [4.69, 9.17) is 9.47 Å². The fourth-order valence-corrected chi connectivity index (χ4v) is 2.70. The molecule has 3 atom stereocenters. The van der Waals surface area contributed by atoms with Gasteiger partial charge >= 0.3 is 5.97 Å². The molecule has 1 aliphatic heterocycles. The number of ether oxygens (including phenoxy) is 2. The van der Waals surface area contributed by atoms with Crippen LogP contribution in [-0.4, -0.2) is 49.4 Å². The molecule has 1 fully saturated rings. The van der Waals surface area contributed by atoms with Crippen LogP contribution < -0.4 is 4.74 Å². The summed E-state index contributed by atoms with van der Waals surface area (Å²) < 4.78 is 10.7. The zero-order valence-corrected chi connectivity index (χ0v) is 12.1. The highest BCUT2D eigenvalue weighted by Crippen LogP contribution is 2.32. The number of benzene rings is 1. The maximum absolute atomic E-state index is 11.3. The van der Waals surface area contributed by atoms with Gasteiger partial charge in [-0.3, -0.25) is 9.69 Å². The first kappa shape index (κ1) is 14.8. The summed E-state index contributed by atoms with van der Waals surface area (Å²) in [4.78, 5) is 13.3. The molecule has 1 saturated heterocycles. The van der Waals surface area contributed by atoms with Crippen LogP contribution in [0.2, 0.25) is 0 Å². The number of aliphatic carboxylic acids is 1. The Morgan fingerprint density at radius 3 is 2.80 bits per heavy atom. The van der Waals surface area contributed by atoms with Crippen molar-refractivity contribution in [3.63, 3.8) is 0 Å². The molecule has 0 radical (unpaired) electrons. The molecule has 110 valence electrons. The summed E-state index contributed by atoms with van der Waals surface area (Å²) in [5.74, 6) is -0.457. The van der Waals surface area contributed by atoms with Gasteiger partial charge in [0.2, 0.25) is 0 Å². The number of methoxy groups -OCH3 is 1. The Kier molecular flexibility index (Phi) is 4.62. The molecule has 0 saturated carbocycles. The highest BCUT2D eigenvalue weighted by Gasteiger charge is 2.38. The molecule has 0 aliphatic carbocycles. The second kappa shape index (κ2) is 6.24. The molecule has 2 rings (SSSR count). The van der Waals surface area contributed by atoms with Crippen molar-refractivity contribution >= 4 is 5.97 Å². The summed E-state index contributed by atoms with van der Waals surface area (Å²) in [6, 6.07) is 7.74. The standard InChI is InChI=1S/C15H21NO4/c1-10(11-6-4-5-7-14(11)19-3)16(2)13-9-20-8-12(13)15(17)18/h4-7,10,12-13H,8-9H2,1-3H3,(H,17,18). The van der Waals surface area contributed by atoms with Crippen molar-refractivity contribution in [2.24, 2.45) is 5.92 Å². The minimum atomic E-state index is -0.799. The number of hydrogen-bond donors (Lipinski definition) is 1. The minimum Gasteiger partial charge on any atom is -0.496 e. The molecule has 1 heterocycles. The first-order chi connectivity index (χ1) is 9.56. The Hall–Kier alpha value is -1.59. The Balaban J connectivity index is 2.19. The van der Waals surface area contributed by atoms with Gasteiger partial charge in [-0.05, 0) is 20.0 Å². The van der Waals surface area contributed by atoms with E-state index in [0.29, 0.717) is 6.61 Å². The van der Waals surface area contributed by atoms with Crippen LogP contribution in [0, 0.1) is 5.92 Å². The van der Waals surface area contributed by atoms with Gasteiger partial charge in [0.15, 0.2) is 0 Å². The molecule has 20 heavy (non-hydrogen) atoms. The summed E-state index contributed by atoms with van der Waals surface area (Å²) in [6.45, 7) is 2.78. The molecule has 0 bridgehead atoms. The Labute approximate surface area is 119 Å². The third-order valence-electron chi connectivity index (χ3n) is 4.09. The molecule has 1 aliphatic rings. The molecule has 5 heteroatoms. The van der Waals surface area contributed by atoms with Crippen LogP contribution in [0.3, 0.4) is 0 Å². The van der Waals surface area contributed by atoms with Crippen molar-refractivity contribution in [1.29, 1.82) is 0 Å². The SMILES string of the molecule is COc1ccccc1C(C)N(C)C1COCC1C(=O)O. The van der Waals surface area contributed by atoms with Crippen molar-refractivity contribution in [1.82, 2.24) is 4.90 Å². The van der Waals surface area contributed by atoms with E-state index in [0.717, 1.165) is 11.3 Å². The average molecular weight is 279 g/mol. The second-order valence-corrected chi connectivity index (χ2v) is 5.13. The van der Waals surface area contributed by atoms with Gasteiger partial charge in [-0.2, -0.15) is 0 Å². The van der Waals surface area contributed by atoms with Crippen molar-refractivity contribution in [2.45, 2.75) is 19.0 Å². The molecule has 1 N–H and O–H groups in total. The van der Waals surface area contributed by atoms with Crippen LogP contribution in [-0.2, 0) is 9.53 Å². The number of para-hydroxylation sites is 1. The molecule has 1 aromatic rings. The quantitative estimate of drug-likeness (QED) is 0.890. The molecule has 5 nitrogen and oxygen atoms in total. The van der Waals surface area contributed by atoms with Crippen molar-refractivity contribution in [3.05, 3.63) is 29.8 Å². The largest absolute Gasteiger partial charge is 0.496 e. The van der Waals surface area contributed by atoms with Crippen molar-refractivity contribution in [3.8, 4) is 5.75 Å². The number of hydrogen-bond acceptors (Lipinski definition) is 4. The van der Waals surface area contributed by atoms with Gasteiger partial charge in [-0.25, -0.2) is 0 Å². The van der Waals surface area contributed by atoms with Crippen molar-refractivity contribution in [2.75, 3.05) is 27.4 Å². The summed E-state index contributed by atoms with van der Waals surface area (Å²) in [6.07, 6.45) is 0. The van der Waals surface area contributed by atoms with Crippen LogP contribution in [0.5, 0.6) is 5.75 Å². The monoisotopic (exact) mass is 279 g/mol. The van der Waals surface area contributed by atoms with Crippen LogP contribution in [0.1, 0.15) is 18.5 Å². The smallest absolute Gasteiger partial charge is 0.310 e. The van der Waals surface area contributed by atoms with Gasteiger partial charge in [-0.1, -0.05) is 18.2 Å². The molecule has 3 unspecified atom stereocenters. The lowest BCUT2D eigenvalue weighted by atomic mass is 9.98. The van der Waals surface area contributed by atoms with Gasteiger partial charge < -0.3 is 14.6 Å². The number of carboxylic acids is 1. The zero-order chi connectivity index (χ0) is 14.7. The van der Waals surface area contributed by atoms with Gasteiger partial charge in [0.1, 0.15) is 5.75 Å². The van der Waals surface area contributed by atoms with E-state index < -0.39 is 11.9 Å². The number of carboxylic acid groups (broad SMARTS) is 1. The maximum atomic E-state index is 11.3. The molecule has 0 amide bonds. The van der Waals surface area contributed by atoms with E-state index in [1.165, 1.54) is 0 Å². The summed E-state index contributed by atoms with van der Waals surface area (Å²) >= 11 is 0. The molecule has 1 aromatic carbocycles. The van der Waals surface area contributed by atoms with Crippen LogP contribution >= 0.6 is 0 Å². The van der Waals surface area contributed by atoms with E-state index in [1.54, 1.807) is 7.11 Å². The predicted molar refractivity (Wildman–Crippen MR) is 74.9 cm³/mol. The van der Waals surface area contributed by atoms with Crippen LogP contribution in [0.4, 0.5) is 0 Å². The van der Waals surface area contributed by atoms with Gasteiger partial charge in [0.05, 0.1) is 26.2 Å². The van der Waals surface area contributed by atoms with E-state index in [9.17, 15) is 9.90 Å². The Morgan fingerprint density at radius 2 is 2.15 bits per heavy atom. The highest BCUT2D eigenvalue weighted by atomic mass is 16.5. The van der Waals surface area contributed by atoms with Crippen LogP contribution in [0.15, 0.2) is 24.3 Å². The second-order valence-electron chi connectivity index (χ2n) is 5.13. The fraction of sp³-hybridized carbons (Fsp3) is 0.533. The number of rotatable bonds is 5. The first-order valence-electron chi connectivity index (χ1n) is 6.71. The van der Waals surface area contributed by atoms with E-state index in [2.05, 4.69) is 11.8 Å². The number of carbonyl (C=O) groups is 1. The van der Waals surface area contributed by atoms with Gasteiger partial charge in [0, 0.05) is 17.6 Å². The zero-order valence-electron chi connectivity index (χ0n) is 12.1. The maximum Gasteiger partial charge on any atom is 0.310 e. The number of nitrogens with zero attached hydrogens (tertiary/aromatic N) is 1. The predicted octanol–water partition coefficient (Wildman–Crippen LogP) is 1.79. The molecule has 0 spiro atoms. The van der Waals surface area contributed by atoms with Crippen LogP contribution in [0.25, 0.3) is 0 Å². The summed E-state index contributed by atoms with van der Waals surface area (Å²) in [7, 11) is 3.58. The van der Waals surface area contributed by atoms with E-state index in [1.807, 2.05) is 31.3 Å². The van der Waals surface area contributed by atoms with E-state index in [-0.39, 0.29) is 18.7 Å². The normalized spacial score (nSPS) is 23.8. The summed E-state index contributed by atoms with van der Waals surface area (Å²) in [5.41, 5.74) is 1.05. The first-order valence-corrected chi connectivity index (χ1v) is 6.71. The topological polar surface area (TPSA) is 59.0 Å².